The predicted molar refractivity (Wildman–Crippen MR) is 83.2 cm³/mol. The second kappa shape index (κ2) is 6.76. The molecule has 6 heteroatoms. The van der Waals surface area contributed by atoms with Crippen molar-refractivity contribution in [2.24, 2.45) is 0 Å². The fourth-order valence-corrected chi connectivity index (χ4v) is 2.51. The van der Waals surface area contributed by atoms with Gasteiger partial charge in [-0.2, -0.15) is 0 Å². The van der Waals surface area contributed by atoms with Crippen LogP contribution in [0.3, 0.4) is 0 Å². The van der Waals surface area contributed by atoms with Gasteiger partial charge in [0.2, 0.25) is 0 Å². The molecule has 21 heavy (non-hydrogen) atoms. The second-order valence-electron chi connectivity index (χ2n) is 5.55. The van der Waals surface area contributed by atoms with Gasteiger partial charge in [0.05, 0.1) is 17.1 Å². The Bertz CT molecular complexity index is 501. The number of hydrogen-bond donors (Lipinski definition) is 1. The summed E-state index contributed by atoms with van der Waals surface area (Å²) in [5.41, 5.74) is 0.734. The van der Waals surface area contributed by atoms with E-state index in [0.717, 1.165) is 26.1 Å². The topological polar surface area (TPSA) is 67.6 Å². The summed E-state index contributed by atoms with van der Waals surface area (Å²) in [5.74, 6) is 0.348. The Morgan fingerprint density at radius 3 is 2.67 bits per heavy atom. The lowest BCUT2D eigenvalue weighted by atomic mass is 10.1. The van der Waals surface area contributed by atoms with Gasteiger partial charge in [0.1, 0.15) is 5.69 Å². The number of nitrogens with one attached hydrogen (secondary N) is 1. The van der Waals surface area contributed by atoms with Gasteiger partial charge < -0.3 is 15.0 Å². The molecule has 0 spiro atoms. The van der Waals surface area contributed by atoms with E-state index in [1.807, 2.05) is 26.0 Å². The number of nitro groups is 1. The Labute approximate surface area is 125 Å². The predicted octanol–water partition coefficient (Wildman–Crippen LogP) is 2.57. The third-order valence-corrected chi connectivity index (χ3v) is 3.50. The third kappa shape index (κ3) is 3.44. The van der Waals surface area contributed by atoms with E-state index < -0.39 is 0 Å². The van der Waals surface area contributed by atoms with Gasteiger partial charge in [0.15, 0.2) is 5.75 Å². The molecule has 0 aromatic heterocycles. The van der Waals surface area contributed by atoms with Crippen LogP contribution in [0.25, 0.3) is 0 Å². The Morgan fingerprint density at radius 1 is 1.48 bits per heavy atom. The van der Waals surface area contributed by atoms with E-state index in [0.29, 0.717) is 17.5 Å². The molecule has 116 valence electrons. The van der Waals surface area contributed by atoms with Crippen molar-refractivity contribution in [3.63, 3.8) is 0 Å². The van der Waals surface area contributed by atoms with Crippen LogP contribution in [0.15, 0.2) is 18.2 Å². The molecule has 0 saturated carbocycles. The first kappa shape index (κ1) is 15.6. The van der Waals surface area contributed by atoms with Crippen LogP contribution in [-0.4, -0.2) is 36.7 Å². The largest absolute Gasteiger partial charge is 0.484 e. The van der Waals surface area contributed by atoms with Crippen LogP contribution in [0.2, 0.25) is 0 Å². The molecule has 1 fully saturated rings. The summed E-state index contributed by atoms with van der Waals surface area (Å²) in [6.45, 7) is 8.36. The van der Waals surface area contributed by atoms with E-state index in [2.05, 4.69) is 17.1 Å². The number of nitrogens with zero attached hydrogens (tertiary/aromatic N) is 2. The second-order valence-corrected chi connectivity index (χ2v) is 5.55. The highest BCUT2D eigenvalue weighted by molar-refractivity contribution is 5.70. The number of para-hydroxylation sites is 1. The van der Waals surface area contributed by atoms with Crippen LogP contribution in [0, 0.1) is 10.1 Å². The molecule has 1 aliphatic rings. The van der Waals surface area contributed by atoms with Gasteiger partial charge in [0, 0.05) is 19.6 Å². The van der Waals surface area contributed by atoms with Crippen LogP contribution in [0.4, 0.5) is 11.4 Å². The van der Waals surface area contributed by atoms with Gasteiger partial charge in [-0.05, 0) is 32.4 Å². The summed E-state index contributed by atoms with van der Waals surface area (Å²) in [6.07, 6.45) is 0.854. The molecule has 0 bridgehead atoms. The van der Waals surface area contributed by atoms with Crippen molar-refractivity contribution in [1.29, 1.82) is 0 Å². The van der Waals surface area contributed by atoms with Crippen molar-refractivity contribution in [2.75, 3.05) is 24.5 Å². The summed E-state index contributed by atoms with van der Waals surface area (Å²) in [4.78, 5) is 13.3. The molecule has 2 rings (SSSR count). The number of nitro benzene ring substituents is 1. The zero-order valence-corrected chi connectivity index (χ0v) is 12.8. The summed E-state index contributed by atoms with van der Waals surface area (Å²) in [5, 5.41) is 14.8. The molecule has 0 aliphatic carbocycles. The first-order chi connectivity index (χ1) is 10.0. The number of hydrogen-bond acceptors (Lipinski definition) is 5. The average molecular weight is 293 g/mol. The molecule has 1 aromatic rings. The van der Waals surface area contributed by atoms with Crippen molar-refractivity contribution in [1.82, 2.24) is 5.32 Å². The molecule has 1 heterocycles. The average Bonchev–Trinajstić information content (AvgIpc) is 2.34. The lowest BCUT2D eigenvalue weighted by Crippen LogP contribution is -2.57. The first-order valence-electron chi connectivity index (χ1n) is 7.46. The molecule has 0 amide bonds. The minimum atomic E-state index is -0.332. The van der Waals surface area contributed by atoms with E-state index in [1.165, 1.54) is 0 Å². The van der Waals surface area contributed by atoms with E-state index >= 15 is 0 Å². The molecule has 1 aromatic carbocycles. The zero-order valence-electron chi connectivity index (χ0n) is 12.8. The molecule has 0 unspecified atom stereocenters. The summed E-state index contributed by atoms with van der Waals surface area (Å²) in [7, 11) is 0. The van der Waals surface area contributed by atoms with Gasteiger partial charge in [0.25, 0.3) is 0 Å². The van der Waals surface area contributed by atoms with Gasteiger partial charge in [-0.25, -0.2) is 0 Å². The van der Waals surface area contributed by atoms with Crippen molar-refractivity contribution >= 4 is 11.4 Å². The highest BCUT2D eigenvalue weighted by atomic mass is 16.6. The van der Waals surface area contributed by atoms with Crippen molar-refractivity contribution in [3.05, 3.63) is 28.3 Å². The lowest BCUT2D eigenvalue weighted by Gasteiger charge is -2.39. The lowest BCUT2D eigenvalue weighted by molar-refractivity contribution is -0.385. The first-order valence-corrected chi connectivity index (χ1v) is 7.46. The summed E-state index contributed by atoms with van der Waals surface area (Å²) >= 11 is 0. The summed E-state index contributed by atoms with van der Waals surface area (Å²) < 4.78 is 5.62. The highest BCUT2D eigenvalue weighted by Crippen LogP contribution is 2.38. The maximum atomic E-state index is 11.5. The maximum absolute atomic E-state index is 11.5. The van der Waals surface area contributed by atoms with Crippen LogP contribution in [-0.2, 0) is 0 Å². The third-order valence-electron chi connectivity index (χ3n) is 3.50. The summed E-state index contributed by atoms with van der Waals surface area (Å²) in [6, 6.07) is 5.64. The molecule has 6 nitrogen and oxygen atoms in total. The van der Waals surface area contributed by atoms with E-state index in [-0.39, 0.29) is 16.7 Å². The Morgan fingerprint density at radius 2 is 2.19 bits per heavy atom. The number of ether oxygens (including phenoxy) is 1. The minimum Gasteiger partial charge on any atom is -0.484 e. The Kier molecular flexibility index (Phi) is 5.01. The fourth-order valence-electron chi connectivity index (χ4n) is 2.51. The maximum Gasteiger partial charge on any atom is 0.333 e. The van der Waals surface area contributed by atoms with E-state index in [4.69, 9.17) is 4.74 Å². The van der Waals surface area contributed by atoms with Crippen molar-refractivity contribution in [3.8, 4) is 5.75 Å². The van der Waals surface area contributed by atoms with Crippen LogP contribution in [0.1, 0.15) is 27.2 Å². The molecule has 1 N–H and O–H groups in total. The van der Waals surface area contributed by atoms with Gasteiger partial charge in [-0.3, -0.25) is 10.1 Å². The quantitative estimate of drug-likeness (QED) is 0.618. The Balaban J connectivity index is 2.42. The smallest absolute Gasteiger partial charge is 0.333 e. The monoisotopic (exact) mass is 293 g/mol. The van der Waals surface area contributed by atoms with Crippen LogP contribution < -0.4 is 15.0 Å². The Hall–Kier alpha value is -1.82. The van der Waals surface area contributed by atoms with Crippen molar-refractivity contribution in [2.45, 2.75) is 39.3 Å². The number of benzene rings is 1. The standard InChI is InChI=1S/C15H23N3O3/c1-4-8-17(12-9-16-10-12)13-6-5-7-14(21-11(2)3)15(13)18(19)20/h5-7,11-12,16H,4,8-10H2,1-3H3. The molecule has 1 saturated heterocycles. The molecule has 1 aliphatic heterocycles. The van der Waals surface area contributed by atoms with E-state index in [1.54, 1.807) is 6.07 Å². The number of anilines is 1. The molecule has 0 atom stereocenters. The SMILES string of the molecule is CCCN(c1cccc(OC(C)C)c1[N+](=O)[O-])C1CNC1. The highest BCUT2D eigenvalue weighted by Gasteiger charge is 2.31. The van der Waals surface area contributed by atoms with Gasteiger partial charge in [-0.1, -0.05) is 13.0 Å². The van der Waals surface area contributed by atoms with Gasteiger partial charge >= 0.3 is 5.69 Å². The fraction of sp³-hybridized carbons (Fsp3) is 0.600. The molecular weight excluding hydrogens is 270 g/mol. The van der Waals surface area contributed by atoms with Crippen molar-refractivity contribution < 1.29 is 9.66 Å². The minimum absolute atomic E-state index is 0.0755. The molecule has 0 radical (unpaired) electrons. The van der Waals surface area contributed by atoms with Gasteiger partial charge in [-0.15, -0.1) is 0 Å². The number of rotatable bonds is 7. The van der Waals surface area contributed by atoms with Crippen LogP contribution in [0.5, 0.6) is 5.75 Å². The van der Waals surface area contributed by atoms with Crippen LogP contribution >= 0.6 is 0 Å². The zero-order chi connectivity index (χ0) is 15.4. The van der Waals surface area contributed by atoms with E-state index in [9.17, 15) is 10.1 Å². The molecular formula is C15H23N3O3. The normalized spacial score (nSPS) is 14.9.